The molecule has 1 heterocycles. The molecule has 12 heteroatoms. The zero-order valence-electron chi connectivity index (χ0n) is 12.4. The number of amides is 3. The fourth-order valence-corrected chi connectivity index (χ4v) is 2.50. The highest BCUT2D eigenvalue weighted by Gasteiger charge is 2.31. The van der Waals surface area contributed by atoms with Gasteiger partial charge in [-0.05, 0) is 18.2 Å². The van der Waals surface area contributed by atoms with E-state index in [0.717, 1.165) is 0 Å². The molecule has 6 nitrogen and oxygen atoms in total. The molecule has 0 aliphatic carbocycles. The lowest BCUT2D eigenvalue weighted by Crippen LogP contribution is -2.42. The largest absolute Gasteiger partial charge is 0.417 e. The van der Waals surface area contributed by atoms with E-state index >= 15 is 0 Å². The number of anilines is 1. The number of urea groups is 1. The van der Waals surface area contributed by atoms with Gasteiger partial charge in [0.15, 0.2) is 5.82 Å². The maximum absolute atomic E-state index is 12.5. The molecule has 0 atom stereocenters. The molecule has 0 saturated heterocycles. The Labute approximate surface area is 159 Å². The quantitative estimate of drug-likeness (QED) is 0.629. The van der Waals surface area contributed by atoms with Crippen LogP contribution in [0.2, 0.25) is 15.1 Å². The molecule has 0 aliphatic rings. The standard InChI is InChI=1S/C14H8Cl3F3N4O2/c15-7-2-1-3-8(16)10(7)12(25)22-13(26)24-23-11-9(17)4-6(5-21-11)14(18,19)20/h1-5H,(H,21,23)(H2,22,24,25,26). The first-order valence-corrected chi connectivity index (χ1v) is 7.77. The molecule has 26 heavy (non-hydrogen) atoms. The van der Waals surface area contributed by atoms with Crippen LogP contribution >= 0.6 is 34.8 Å². The first kappa shape index (κ1) is 20.1. The minimum atomic E-state index is -4.61. The smallest absolute Gasteiger partial charge is 0.279 e. The molecular formula is C14H8Cl3F3N4O2. The number of benzene rings is 1. The maximum Gasteiger partial charge on any atom is 0.417 e. The SMILES string of the molecule is O=C(NNc1ncc(C(F)(F)F)cc1Cl)NC(=O)c1c(Cl)cccc1Cl. The molecule has 2 aromatic rings. The number of carbonyl (C=O) groups is 2. The Bertz CT molecular complexity index is 842. The van der Waals surface area contributed by atoms with E-state index in [-0.39, 0.29) is 26.4 Å². The molecule has 0 unspecified atom stereocenters. The van der Waals surface area contributed by atoms with E-state index < -0.39 is 23.7 Å². The third kappa shape index (κ3) is 4.90. The van der Waals surface area contributed by atoms with Gasteiger partial charge in [0.25, 0.3) is 5.91 Å². The Balaban J connectivity index is 2.00. The number of nitrogens with one attached hydrogen (secondary N) is 3. The lowest BCUT2D eigenvalue weighted by Gasteiger charge is -2.12. The average Bonchev–Trinajstić information content (AvgIpc) is 2.52. The predicted octanol–water partition coefficient (Wildman–Crippen LogP) is 4.53. The van der Waals surface area contributed by atoms with Crippen LogP contribution in [-0.2, 0) is 6.18 Å². The number of alkyl halides is 3. The van der Waals surface area contributed by atoms with Gasteiger partial charge in [-0.1, -0.05) is 40.9 Å². The van der Waals surface area contributed by atoms with Crippen molar-refractivity contribution in [1.29, 1.82) is 0 Å². The summed E-state index contributed by atoms with van der Waals surface area (Å²) in [5, 5.41) is 1.61. The fraction of sp³-hybridized carbons (Fsp3) is 0.0714. The molecular weight excluding hydrogens is 420 g/mol. The van der Waals surface area contributed by atoms with Gasteiger partial charge >= 0.3 is 12.2 Å². The number of hydrogen-bond acceptors (Lipinski definition) is 4. The van der Waals surface area contributed by atoms with Gasteiger partial charge in [0.05, 0.1) is 26.2 Å². The van der Waals surface area contributed by atoms with E-state index in [4.69, 9.17) is 34.8 Å². The van der Waals surface area contributed by atoms with Crippen LogP contribution in [0.1, 0.15) is 15.9 Å². The average molecular weight is 428 g/mol. The summed E-state index contributed by atoms with van der Waals surface area (Å²) in [6, 6.07) is 3.92. The molecule has 0 spiro atoms. The third-order valence-electron chi connectivity index (χ3n) is 2.88. The van der Waals surface area contributed by atoms with Crippen LogP contribution in [0.4, 0.5) is 23.8 Å². The number of rotatable bonds is 3. The Hall–Kier alpha value is -2.23. The highest BCUT2D eigenvalue weighted by molar-refractivity contribution is 6.40. The Kier molecular flexibility index (Phi) is 6.17. The van der Waals surface area contributed by atoms with E-state index in [1.807, 2.05) is 10.7 Å². The summed E-state index contributed by atoms with van der Waals surface area (Å²) >= 11 is 17.3. The van der Waals surface area contributed by atoms with Crippen molar-refractivity contribution >= 4 is 52.6 Å². The molecule has 2 rings (SSSR count). The second-order valence-electron chi connectivity index (χ2n) is 4.68. The van der Waals surface area contributed by atoms with Crippen molar-refractivity contribution in [2.24, 2.45) is 0 Å². The number of pyridine rings is 1. The van der Waals surface area contributed by atoms with Crippen molar-refractivity contribution in [2.45, 2.75) is 6.18 Å². The van der Waals surface area contributed by atoms with E-state index in [0.29, 0.717) is 12.3 Å². The predicted molar refractivity (Wildman–Crippen MR) is 90.3 cm³/mol. The molecule has 0 saturated carbocycles. The van der Waals surface area contributed by atoms with Crippen molar-refractivity contribution in [1.82, 2.24) is 15.7 Å². The minimum absolute atomic E-state index is 0.0307. The van der Waals surface area contributed by atoms with Crippen LogP contribution in [0.3, 0.4) is 0 Å². The molecule has 0 bridgehead atoms. The molecule has 138 valence electrons. The van der Waals surface area contributed by atoms with Crippen molar-refractivity contribution in [2.75, 3.05) is 5.43 Å². The Morgan fingerprint density at radius 3 is 2.19 bits per heavy atom. The van der Waals surface area contributed by atoms with Gasteiger partial charge in [-0.3, -0.25) is 15.5 Å². The van der Waals surface area contributed by atoms with E-state index in [2.05, 4.69) is 10.4 Å². The first-order valence-electron chi connectivity index (χ1n) is 6.63. The Morgan fingerprint density at radius 2 is 1.65 bits per heavy atom. The molecule has 3 N–H and O–H groups in total. The van der Waals surface area contributed by atoms with Crippen LogP contribution < -0.4 is 16.2 Å². The number of nitrogens with zero attached hydrogens (tertiary/aromatic N) is 1. The number of hydrazine groups is 1. The maximum atomic E-state index is 12.5. The summed E-state index contributed by atoms with van der Waals surface area (Å²) in [6.45, 7) is 0. The summed E-state index contributed by atoms with van der Waals surface area (Å²) in [6.07, 6.45) is -4.08. The summed E-state index contributed by atoms with van der Waals surface area (Å²) in [7, 11) is 0. The highest BCUT2D eigenvalue weighted by atomic mass is 35.5. The Morgan fingerprint density at radius 1 is 1.04 bits per heavy atom. The molecule has 1 aromatic heterocycles. The summed E-state index contributed by atoms with van der Waals surface area (Å²) in [5.74, 6) is -1.13. The van der Waals surface area contributed by atoms with Gasteiger partial charge in [-0.15, -0.1) is 0 Å². The monoisotopic (exact) mass is 426 g/mol. The highest BCUT2D eigenvalue weighted by Crippen LogP contribution is 2.32. The minimum Gasteiger partial charge on any atom is -0.279 e. The molecule has 3 amide bonds. The van der Waals surface area contributed by atoms with Crippen molar-refractivity contribution in [3.63, 3.8) is 0 Å². The molecule has 1 aromatic carbocycles. The second-order valence-corrected chi connectivity index (χ2v) is 5.90. The van der Waals surface area contributed by atoms with Crippen LogP contribution in [0.5, 0.6) is 0 Å². The zero-order valence-corrected chi connectivity index (χ0v) is 14.7. The van der Waals surface area contributed by atoms with Crippen LogP contribution in [0, 0.1) is 0 Å². The topological polar surface area (TPSA) is 83.1 Å². The van der Waals surface area contributed by atoms with Gasteiger partial charge in [-0.2, -0.15) is 13.2 Å². The normalized spacial score (nSPS) is 11.0. The number of aromatic nitrogens is 1. The number of carbonyl (C=O) groups excluding carboxylic acids is 2. The number of imide groups is 1. The van der Waals surface area contributed by atoms with Crippen molar-refractivity contribution < 1.29 is 22.8 Å². The number of halogens is 6. The van der Waals surface area contributed by atoms with Gasteiger partial charge in [0.2, 0.25) is 0 Å². The van der Waals surface area contributed by atoms with Crippen molar-refractivity contribution in [3.05, 3.63) is 56.7 Å². The van der Waals surface area contributed by atoms with E-state index in [1.165, 1.54) is 18.2 Å². The lowest BCUT2D eigenvalue weighted by atomic mass is 10.2. The van der Waals surface area contributed by atoms with E-state index in [9.17, 15) is 22.8 Å². The summed E-state index contributed by atoms with van der Waals surface area (Å²) < 4.78 is 37.6. The van der Waals surface area contributed by atoms with Gasteiger partial charge in [0, 0.05) is 6.20 Å². The summed E-state index contributed by atoms with van der Waals surface area (Å²) in [4.78, 5) is 27.2. The van der Waals surface area contributed by atoms with Gasteiger partial charge in [0.1, 0.15) is 0 Å². The van der Waals surface area contributed by atoms with E-state index in [1.54, 1.807) is 0 Å². The second kappa shape index (κ2) is 7.98. The molecule has 0 aliphatic heterocycles. The molecule has 0 radical (unpaired) electrons. The zero-order chi connectivity index (χ0) is 19.5. The van der Waals surface area contributed by atoms with Crippen LogP contribution in [0.25, 0.3) is 0 Å². The van der Waals surface area contributed by atoms with Crippen LogP contribution in [0.15, 0.2) is 30.5 Å². The van der Waals surface area contributed by atoms with Crippen molar-refractivity contribution in [3.8, 4) is 0 Å². The lowest BCUT2D eigenvalue weighted by molar-refractivity contribution is -0.137. The van der Waals surface area contributed by atoms with Crippen LogP contribution in [-0.4, -0.2) is 16.9 Å². The fourth-order valence-electron chi connectivity index (χ4n) is 1.71. The van der Waals surface area contributed by atoms with Gasteiger partial charge in [-0.25, -0.2) is 15.2 Å². The third-order valence-corrected chi connectivity index (χ3v) is 3.80. The summed E-state index contributed by atoms with van der Waals surface area (Å²) in [5.41, 5.74) is 3.02. The van der Waals surface area contributed by atoms with Gasteiger partial charge < -0.3 is 0 Å². The number of hydrogen-bond donors (Lipinski definition) is 3. The molecule has 0 fully saturated rings. The first-order chi connectivity index (χ1) is 12.1.